The number of urea groups is 1. The van der Waals surface area contributed by atoms with Crippen molar-refractivity contribution in [3.8, 4) is 5.75 Å². The third-order valence-electron chi connectivity index (χ3n) is 5.19. The quantitative estimate of drug-likeness (QED) is 0.347. The second kappa shape index (κ2) is 10.7. The lowest BCUT2D eigenvalue weighted by Crippen LogP contribution is -3.11. The molecule has 0 aliphatic carbocycles. The number of anilines is 1. The molecule has 1 aromatic rings. The Morgan fingerprint density at radius 2 is 1.79 bits per heavy atom. The Morgan fingerprint density at radius 3 is 2.34 bits per heavy atom. The molecule has 0 saturated carbocycles. The van der Waals surface area contributed by atoms with Crippen LogP contribution in [0.1, 0.15) is 33.6 Å². The third-order valence-corrected chi connectivity index (χ3v) is 5.19. The highest BCUT2D eigenvalue weighted by atomic mass is 16.5. The summed E-state index contributed by atoms with van der Waals surface area (Å²) in [7, 11) is 1.54. The van der Waals surface area contributed by atoms with Crippen molar-refractivity contribution in [2.24, 2.45) is 10.9 Å². The van der Waals surface area contributed by atoms with Gasteiger partial charge in [-0.3, -0.25) is 19.9 Å². The number of barbiturate groups is 1. The van der Waals surface area contributed by atoms with Gasteiger partial charge in [-0.2, -0.15) is 0 Å². The van der Waals surface area contributed by atoms with Crippen molar-refractivity contribution in [1.82, 2.24) is 5.32 Å². The fraction of sp³-hybridized carbons (Fsp3) is 0.524. The Hall–Kier alpha value is -2.74. The number of carbonyl (C=O) groups excluding carboxylic acids is 3. The lowest BCUT2D eigenvalue weighted by molar-refractivity contribution is -0.896. The summed E-state index contributed by atoms with van der Waals surface area (Å²) < 4.78 is 5.11. The summed E-state index contributed by atoms with van der Waals surface area (Å²) >= 11 is 0. The van der Waals surface area contributed by atoms with Crippen LogP contribution in [0.4, 0.5) is 10.5 Å². The van der Waals surface area contributed by atoms with Gasteiger partial charge in [-0.25, -0.2) is 9.69 Å². The summed E-state index contributed by atoms with van der Waals surface area (Å²) in [5, 5.41) is 2.29. The zero-order valence-electron chi connectivity index (χ0n) is 17.7. The van der Waals surface area contributed by atoms with E-state index in [1.165, 1.54) is 12.0 Å². The Bertz CT molecular complexity index is 756. The fourth-order valence-electron chi connectivity index (χ4n) is 3.41. The van der Waals surface area contributed by atoms with E-state index in [9.17, 15) is 14.4 Å². The largest absolute Gasteiger partial charge is 0.497 e. The van der Waals surface area contributed by atoms with Crippen LogP contribution in [0.3, 0.4) is 0 Å². The number of hydrogen-bond donors (Lipinski definition) is 2. The molecule has 8 heteroatoms. The van der Waals surface area contributed by atoms with Crippen molar-refractivity contribution in [3.05, 3.63) is 24.3 Å². The van der Waals surface area contributed by atoms with Crippen molar-refractivity contribution in [1.29, 1.82) is 0 Å². The van der Waals surface area contributed by atoms with E-state index in [0.717, 1.165) is 31.0 Å². The van der Waals surface area contributed by atoms with Gasteiger partial charge in [0.05, 0.1) is 32.4 Å². The van der Waals surface area contributed by atoms with Gasteiger partial charge in [-0.05, 0) is 44.5 Å². The monoisotopic (exact) mass is 403 g/mol. The van der Waals surface area contributed by atoms with Crippen molar-refractivity contribution in [2.45, 2.75) is 33.6 Å². The summed E-state index contributed by atoms with van der Waals surface area (Å²) in [5.41, 5.74) is 0.888. The van der Waals surface area contributed by atoms with Gasteiger partial charge in [0.25, 0.3) is 5.91 Å². The summed E-state index contributed by atoms with van der Waals surface area (Å²) in [6.07, 6.45) is 1.34. The number of benzene rings is 1. The molecule has 2 rings (SSSR count). The van der Waals surface area contributed by atoms with Crippen molar-refractivity contribution in [2.75, 3.05) is 38.2 Å². The number of aliphatic imine (C=N–C) groups is 1. The van der Waals surface area contributed by atoms with Gasteiger partial charge in [0, 0.05) is 18.7 Å². The number of rotatable bonds is 10. The molecule has 158 valence electrons. The zero-order chi connectivity index (χ0) is 21.4. The Kier molecular flexibility index (Phi) is 8.33. The Balaban J connectivity index is 2.18. The topological polar surface area (TPSA) is 92.5 Å². The highest BCUT2D eigenvalue weighted by molar-refractivity contribution is 6.35. The average Bonchev–Trinajstić information content (AvgIpc) is 2.72. The zero-order valence-corrected chi connectivity index (χ0v) is 17.7. The van der Waals surface area contributed by atoms with Crippen LogP contribution >= 0.6 is 0 Å². The first-order valence-electron chi connectivity index (χ1n) is 10.2. The maximum Gasteiger partial charge on any atom is 0.335 e. The first kappa shape index (κ1) is 22.5. The van der Waals surface area contributed by atoms with E-state index < -0.39 is 23.8 Å². The van der Waals surface area contributed by atoms with Gasteiger partial charge in [-0.15, -0.1) is 0 Å². The number of nitrogens with one attached hydrogen (secondary N) is 2. The summed E-state index contributed by atoms with van der Waals surface area (Å²) in [4.78, 5) is 44.9. The molecule has 1 fully saturated rings. The number of nitrogens with zero attached hydrogens (tertiary/aromatic N) is 2. The third kappa shape index (κ3) is 5.41. The van der Waals surface area contributed by atoms with Crippen LogP contribution in [0.5, 0.6) is 5.75 Å². The van der Waals surface area contributed by atoms with E-state index >= 15 is 0 Å². The highest BCUT2D eigenvalue weighted by Gasteiger charge is 2.43. The molecule has 0 aromatic heterocycles. The molecule has 1 aliphatic rings. The molecule has 1 unspecified atom stereocenters. The number of methoxy groups -OCH3 is 1. The minimum atomic E-state index is -1.08. The average molecular weight is 404 g/mol. The summed E-state index contributed by atoms with van der Waals surface area (Å²) in [5.74, 6) is -1.66. The maximum atomic E-state index is 13.1. The molecule has 0 radical (unpaired) electrons. The van der Waals surface area contributed by atoms with Gasteiger partial charge in [0.2, 0.25) is 5.91 Å². The molecule has 1 aromatic carbocycles. The molecule has 29 heavy (non-hydrogen) atoms. The van der Waals surface area contributed by atoms with Crippen molar-refractivity contribution >= 4 is 29.2 Å². The highest BCUT2D eigenvalue weighted by Crippen LogP contribution is 2.24. The van der Waals surface area contributed by atoms with E-state index in [1.807, 2.05) is 6.92 Å². The number of amides is 4. The molecule has 1 heterocycles. The number of quaternary nitrogens is 1. The molecule has 1 aliphatic heterocycles. The molecular formula is C21H31N4O4+. The van der Waals surface area contributed by atoms with Gasteiger partial charge in [0.1, 0.15) is 5.75 Å². The van der Waals surface area contributed by atoms with Gasteiger partial charge in [0.15, 0.2) is 5.92 Å². The van der Waals surface area contributed by atoms with Crippen LogP contribution in [0.25, 0.3) is 0 Å². The van der Waals surface area contributed by atoms with Crippen LogP contribution < -0.4 is 19.9 Å². The predicted molar refractivity (Wildman–Crippen MR) is 112 cm³/mol. The normalized spacial score (nSPS) is 17.7. The molecule has 8 nitrogen and oxygen atoms in total. The molecule has 2 N–H and O–H groups in total. The first-order valence-corrected chi connectivity index (χ1v) is 10.2. The fourth-order valence-corrected chi connectivity index (χ4v) is 3.41. The van der Waals surface area contributed by atoms with E-state index in [4.69, 9.17) is 4.74 Å². The van der Waals surface area contributed by atoms with Gasteiger partial charge in [-0.1, -0.05) is 6.92 Å². The minimum Gasteiger partial charge on any atom is -0.497 e. The van der Waals surface area contributed by atoms with Crippen molar-refractivity contribution < 1.29 is 24.0 Å². The molecule has 4 amide bonds. The second-order valence-corrected chi connectivity index (χ2v) is 6.89. The van der Waals surface area contributed by atoms with Crippen LogP contribution in [-0.4, -0.2) is 56.8 Å². The summed E-state index contributed by atoms with van der Waals surface area (Å²) in [6, 6.07) is 5.79. The smallest absolute Gasteiger partial charge is 0.335 e. The van der Waals surface area contributed by atoms with Crippen LogP contribution in [0.15, 0.2) is 29.3 Å². The summed E-state index contributed by atoms with van der Waals surface area (Å²) in [6.45, 7) is 9.83. The van der Waals surface area contributed by atoms with Crippen molar-refractivity contribution in [3.63, 3.8) is 0 Å². The Morgan fingerprint density at radius 1 is 1.14 bits per heavy atom. The standard InChI is InChI=1S/C21H30N4O4/c1-5-17(22-13-8-14-24(6-2)7-3)18-19(26)23-21(28)25(20(18)27)15-9-11-16(29-4)12-10-15/h9-12,18H,5-8,13-14H2,1-4H3,(H,23,26,28)/p+1. The number of hydrogen-bond acceptors (Lipinski definition) is 5. The van der Waals surface area contributed by atoms with E-state index in [-0.39, 0.29) is 0 Å². The molecule has 1 atom stereocenters. The number of carbonyl (C=O) groups is 3. The SMILES string of the molecule is CCC(=NCCC[NH+](CC)CC)C1C(=O)NC(=O)N(c2ccc(OC)cc2)C1=O. The maximum absolute atomic E-state index is 13.1. The Labute approximate surface area is 171 Å². The van der Waals surface area contributed by atoms with Crippen LogP contribution in [0, 0.1) is 5.92 Å². The predicted octanol–water partition coefficient (Wildman–Crippen LogP) is 1.06. The lowest BCUT2D eigenvalue weighted by Gasteiger charge is -2.30. The lowest BCUT2D eigenvalue weighted by atomic mass is 9.96. The molecule has 1 saturated heterocycles. The van der Waals surface area contributed by atoms with E-state index in [1.54, 1.807) is 24.3 Å². The van der Waals surface area contributed by atoms with E-state index in [2.05, 4.69) is 24.2 Å². The molecule has 0 spiro atoms. The number of ether oxygens (including phenoxy) is 1. The number of imide groups is 2. The minimum absolute atomic E-state index is 0.381. The molecule has 0 bridgehead atoms. The van der Waals surface area contributed by atoms with Gasteiger partial charge < -0.3 is 9.64 Å². The van der Waals surface area contributed by atoms with Crippen LogP contribution in [0.2, 0.25) is 0 Å². The van der Waals surface area contributed by atoms with E-state index in [0.29, 0.717) is 30.1 Å². The second-order valence-electron chi connectivity index (χ2n) is 6.89. The van der Waals surface area contributed by atoms with Gasteiger partial charge >= 0.3 is 6.03 Å². The molecular weight excluding hydrogens is 372 g/mol. The van der Waals surface area contributed by atoms with Crippen LogP contribution in [-0.2, 0) is 9.59 Å². The first-order chi connectivity index (χ1) is 14.0.